The van der Waals surface area contributed by atoms with Gasteiger partial charge in [0.05, 0.1) is 6.04 Å². The van der Waals surface area contributed by atoms with Crippen LogP contribution in [0.1, 0.15) is 26.2 Å². The van der Waals surface area contributed by atoms with Crippen molar-refractivity contribution in [3.63, 3.8) is 0 Å². The van der Waals surface area contributed by atoms with Crippen LogP contribution in [-0.4, -0.2) is 53.3 Å². The summed E-state index contributed by atoms with van der Waals surface area (Å²) < 4.78 is 0. The number of unbranched alkanes of at least 4 members (excludes halogenated alkanes) is 1. The van der Waals surface area contributed by atoms with E-state index < -0.39 is 35.9 Å². The van der Waals surface area contributed by atoms with Crippen molar-refractivity contribution in [1.29, 1.82) is 0 Å². The van der Waals surface area contributed by atoms with E-state index in [-0.39, 0.29) is 5.75 Å². The van der Waals surface area contributed by atoms with E-state index in [4.69, 9.17) is 16.6 Å². The Hall–Kier alpha value is -1.32. The van der Waals surface area contributed by atoms with Crippen molar-refractivity contribution >= 4 is 30.4 Å². The first kappa shape index (κ1) is 19.7. The third-order valence-electron chi connectivity index (χ3n) is 2.86. The second kappa shape index (κ2) is 10.4. The monoisotopic (exact) mass is 320 g/mol. The fourth-order valence-electron chi connectivity index (χ4n) is 1.51. The Bertz CT molecular complexity index is 367. The molecule has 0 rings (SSSR count). The molecule has 0 aromatic heterocycles. The number of rotatable bonds is 10. The predicted octanol–water partition coefficient (Wildman–Crippen LogP) is -1.55. The molecule has 3 atom stereocenters. The van der Waals surface area contributed by atoms with Gasteiger partial charge in [0.15, 0.2) is 0 Å². The quantitative estimate of drug-likeness (QED) is 0.212. The van der Waals surface area contributed by atoms with Crippen LogP contribution in [0.2, 0.25) is 0 Å². The highest BCUT2D eigenvalue weighted by atomic mass is 32.1. The largest absolute Gasteiger partial charge is 0.480 e. The summed E-state index contributed by atoms with van der Waals surface area (Å²) in [5.74, 6) is -2.28. The van der Waals surface area contributed by atoms with Gasteiger partial charge in [-0.05, 0) is 26.3 Å². The number of carboxylic acid groups (broad SMARTS) is 1. The first-order chi connectivity index (χ1) is 9.83. The summed E-state index contributed by atoms with van der Waals surface area (Å²) in [5.41, 5.74) is 11.0. The summed E-state index contributed by atoms with van der Waals surface area (Å²) in [7, 11) is 0. The van der Waals surface area contributed by atoms with Crippen molar-refractivity contribution in [3.8, 4) is 0 Å². The van der Waals surface area contributed by atoms with Gasteiger partial charge in [-0.25, -0.2) is 4.79 Å². The number of nitrogens with one attached hydrogen (secondary N) is 2. The highest BCUT2D eigenvalue weighted by Crippen LogP contribution is 1.99. The zero-order valence-electron chi connectivity index (χ0n) is 12.0. The van der Waals surface area contributed by atoms with Gasteiger partial charge < -0.3 is 27.2 Å². The number of hydrogen-bond donors (Lipinski definition) is 6. The van der Waals surface area contributed by atoms with E-state index in [1.807, 2.05) is 0 Å². The maximum absolute atomic E-state index is 11.8. The third-order valence-corrected chi connectivity index (χ3v) is 3.22. The van der Waals surface area contributed by atoms with Gasteiger partial charge in [0, 0.05) is 5.75 Å². The Labute approximate surface area is 129 Å². The van der Waals surface area contributed by atoms with Crippen molar-refractivity contribution in [2.75, 3.05) is 12.3 Å². The summed E-state index contributed by atoms with van der Waals surface area (Å²) in [5, 5.41) is 13.5. The summed E-state index contributed by atoms with van der Waals surface area (Å²) in [4.78, 5) is 34.3. The van der Waals surface area contributed by atoms with Crippen LogP contribution in [0.3, 0.4) is 0 Å². The normalized spacial score (nSPS) is 14.9. The van der Waals surface area contributed by atoms with Gasteiger partial charge in [0.1, 0.15) is 12.1 Å². The van der Waals surface area contributed by atoms with Crippen molar-refractivity contribution in [3.05, 3.63) is 0 Å². The molecular weight excluding hydrogens is 296 g/mol. The summed E-state index contributed by atoms with van der Waals surface area (Å²) in [6.07, 6.45) is 1.98. The molecule has 7 N–H and O–H groups in total. The average Bonchev–Trinajstić information content (AvgIpc) is 2.43. The van der Waals surface area contributed by atoms with Gasteiger partial charge in [0.25, 0.3) is 0 Å². The maximum Gasteiger partial charge on any atom is 0.327 e. The van der Waals surface area contributed by atoms with Crippen molar-refractivity contribution < 1.29 is 19.5 Å². The molecule has 0 saturated carbocycles. The zero-order chi connectivity index (χ0) is 16.4. The molecule has 0 bridgehead atoms. The van der Waals surface area contributed by atoms with Gasteiger partial charge in [0.2, 0.25) is 11.8 Å². The van der Waals surface area contributed by atoms with E-state index in [9.17, 15) is 14.4 Å². The van der Waals surface area contributed by atoms with Crippen molar-refractivity contribution in [2.45, 2.75) is 44.3 Å². The minimum absolute atomic E-state index is 0.0413. The molecule has 0 fully saturated rings. The Morgan fingerprint density at radius 1 is 1.19 bits per heavy atom. The van der Waals surface area contributed by atoms with Crippen LogP contribution in [0.25, 0.3) is 0 Å². The molecule has 8 nitrogen and oxygen atoms in total. The van der Waals surface area contributed by atoms with Crippen LogP contribution in [-0.2, 0) is 14.4 Å². The fourth-order valence-corrected chi connectivity index (χ4v) is 1.76. The topological polar surface area (TPSA) is 148 Å². The van der Waals surface area contributed by atoms with Crippen LogP contribution >= 0.6 is 12.6 Å². The number of thiol groups is 1. The standard InChI is InChI=1S/C12H24N4O4S/c1-7(10(17)16-9(6-21)12(19)20)15-11(18)8(14)4-2-3-5-13/h7-9,21H,2-6,13-14H2,1H3,(H,15,18)(H,16,17)(H,19,20)/t7-,8-,9-/m0/s1. The van der Waals surface area contributed by atoms with Crippen molar-refractivity contribution in [2.24, 2.45) is 11.5 Å². The number of carbonyl (C=O) groups is 3. The minimum atomic E-state index is -1.18. The van der Waals surface area contributed by atoms with Gasteiger partial charge in [-0.15, -0.1) is 0 Å². The number of hydrogen-bond acceptors (Lipinski definition) is 6. The van der Waals surface area contributed by atoms with Gasteiger partial charge in [-0.1, -0.05) is 6.42 Å². The van der Waals surface area contributed by atoms with E-state index in [1.54, 1.807) is 0 Å². The SMILES string of the molecule is C[C@H](NC(=O)[C@@H](N)CCCCN)C(=O)N[C@@H](CS)C(=O)O. The van der Waals surface area contributed by atoms with Crippen LogP contribution in [0, 0.1) is 0 Å². The molecule has 0 spiro atoms. The summed E-state index contributed by atoms with van der Waals surface area (Å²) in [6, 6.07) is -2.69. The highest BCUT2D eigenvalue weighted by molar-refractivity contribution is 7.80. The van der Waals surface area contributed by atoms with Gasteiger partial charge in [-0.3, -0.25) is 9.59 Å². The lowest BCUT2D eigenvalue weighted by molar-refractivity contribution is -0.141. The molecular formula is C12H24N4O4S. The van der Waals surface area contributed by atoms with E-state index >= 15 is 0 Å². The lowest BCUT2D eigenvalue weighted by Gasteiger charge is -2.19. The predicted molar refractivity (Wildman–Crippen MR) is 81.9 cm³/mol. The van der Waals surface area contributed by atoms with E-state index in [2.05, 4.69) is 23.3 Å². The maximum atomic E-state index is 11.8. The highest BCUT2D eigenvalue weighted by Gasteiger charge is 2.24. The number of nitrogens with two attached hydrogens (primary N) is 2. The average molecular weight is 320 g/mol. The second-order valence-corrected chi connectivity index (χ2v) is 5.07. The zero-order valence-corrected chi connectivity index (χ0v) is 12.9. The first-order valence-corrected chi connectivity index (χ1v) is 7.36. The minimum Gasteiger partial charge on any atom is -0.480 e. The fraction of sp³-hybridized carbons (Fsp3) is 0.750. The Kier molecular flexibility index (Phi) is 9.76. The number of aliphatic carboxylic acids is 1. The van der Waals surface area contributed by atoms with E-state index in [0.717, 1.165) is 12.8 Å². The number of carbonyl (C=O) groups excluding carboxylic acids is 2. The Balaban J connectivity index is 4.27. The molecule has 21 heavy (non-hydrogen) atoms. The molecule has 0 heterocycles. The number of amides is 2. The third kappa shape index (κ3) is 7.88. The Morgan fingerprint density at radius 2 is 1.81 bits per heavy atom. The lowest BCUT2D eigenvalue weighted by atomic mass is 10.1. The molecule has 9 heteroatoms. The molecule has 2 amide bonds. The molecule has 0 aliphatic carbocycles. The van der Waals surface area contributed by atoms with Gasteiger partial charge in [-0.2, -0.15) is 12.6 Å². The first-order valence-electron chi connectivity index (χ1n) is 6.73. The molecule has 122 valence electrons. The summed E-state index contributed by atoms with van der Waals surface area (Å²) >= 11 is 3.84. The summed E-state index contributed by atoms with van der Waals surface area (Å²) in [6.45, 7) is 1.99. The Morgan fingerprint density at radius 3 is 2.29 bits per heavy atom. The molecule has 0 aliphatic rings. The molecule has 0 radical (unpaired) electrons. The van der Waals surface area contributed by atoms with Gasteiger partial charge >= 0.3 is 5.97 Å². The van der Waals surface area contributed by atoms with Crippen LogP contribution < -0.4 is 22.1 Å². The molecule has 0 unspecified atom stereocenters. The molecule has 0 aliphatic heterocycles. The van der Waals surface area contributed by atoms with Crippen molar-refractivity contribution in [1.82, 2.24) is 10.6 Å². The lowest BCUT2D eigenvalue weighted by Crippen LogP contribution is -2.53. The van der Waals surface area contributed by atoms with Crippen LogP contribution in [0.15, 0.2) is 0 Å². The van der Waals surface area contributed by atoms with E-state index in [0.29, 0.717) is 13.0 Å². The smallest absolute Gasteiger partial charge is 0.327 e. The molecule has 0 aromatic rings. The van der Waals surface area contributed by atoms with Crippen LogP contribution in [0.4, 0.5) is 0 Å². The van der Waals surface area contributed by atoms with E-state index in [1.165, 1.54) is 6.92 Å². The van der Waals surface area contributed by atoms with Crippen LogP contribution in [0.5, 0.6) is 0 Å². The molecule has 0 aromatic carbocycles. The second-order valence-electron chi connectivity index (χ2n) is 4.70. The number of carboxylic acids is 1. The molecule has 0 saturated heterocycles.